The van der Waals surface area contributed by atoms with Crippen LogP contribution < -0.4 is 0 Å². The molecule has 280 valence electrons. The molecule has 8 rings (SSSR count). The molecule has 0 spiro atoms. The molecule has 0 nitrogen and oxygen atoms in total. The molecule has 0 aromatic heterocycles. The third-order valence-corrected chi connectivity index (χ3v) is 10.4. The number of fused-ring (bicyclic) bond motifs is 2. The Labute approximate surface area is 358 Å². The van der Waals surface area contributed by atoms with Crippen LogP contribution in [-0.2, 0) is 39.0 Å². The molecule has 0 aliphatic rings. The maximum atomic E-state index is 2.42. The molecule has 0 aliphatic heterocycles. The van der Waals surface area contributed by atoms with E-state index in [0.717, 1.165) is 9.52 Å². The third kappa shape index (κ3) is 10.9. The smallest absolute Gasteiger partial charge is 0.164 e. The van der Waals surface area contributed by atoms with Gasteiger partial charge in [-0.1, -0.05) is 244 Å². The van der Waals surface area contributed by atoms with Crippen LogP contribution >= 0.6 is 0 Å². The number of rotatable bonds is 12. The van der Waals surface area contributed by atoms with Crippen molar-refractivity contribution in [2.24, 2.45) is 0 Å². The molecule has 2 heteroatoms. The second-order valence-corrected chi connectivity index (χ2v) is 15.6. The quantitative estimate of drug-likeness (QED) is 0.0654. The normalized spacial score (nSPS) is 10.6. The van der Waals surface area contributed by atoms with E-state index in [1.165, 1.54) is 129 Å². The van der Waals surface area contributed by atoms with E-state index in [2.05, 4.69) is 197 Å². The van der Waals surface area contributed by atoms with Crippen LogP contribution in [0.1, 0.15) is 63.5 Å². The monoisotopic (exact) mass is 822 g/mol. The molecule has 0 bridgehead atoms. The van der Waals surface area contributed by atoms with Gasteiger partial charge in [0.1, 0.15) is 0 Å². The van der Waals surface area contributed by atoms with Gasteiger partial charge >= 0.3 is 26.2 Å². The van der Waals surface area contributed by atoms with Gasteiger partial charge in [0.15, 0.2) is 0 Å². The Kier molecular flexibility index (Phi) is 17.1. The van der Waals surface area contributed by atoms with E-state index < -0.39 is 0 Å². The minimum Gasteiger partial charge on any atom is -0.164 e. The van der Waals surface area contributed by atoms with E-state index >= 15 is 0 Å². The summed E-state index contributed by atoms with van der Waals surface area (Å²) in [6, 6.07) is 61.8. The summed E-state index contributed by atoms with van der Waals surface area (Å²) in [6.07, 6.45) is 10.0. The Hall–Kier alpha value is -4.36. The molecule has 56 heavy (non-hydrogen) atoms. The van der Waals surface area contributed by atoms with Crippen LogP contribution in [0, 0.1) is 0 Å². The zero-order valence-corrected chi connectivity index (χ0v) is 37.3. The van der Waals surface area contributed by atoms with Crippen molar-refractivity contribution in [3.05, 3.63) is 181 Å². The van der Waals surface area contributed by atoms with E-state index in [9.17, 15) is 0 Å². The standard InChI is InChI=1S/2C26H25.C2H6Si.Zr/c2*1-2-3-6-11-20-18-25-23(21-12-7-4-8-13-21)16-17-24(26(25)19-20)22-14-9-5-10-15-22;1-3-2;/h2*4-5,7-10,12-19H,2-3,6,11H2,1H3;1-2H3;/q2*-1;;+2. The van der Waals surface area contributed by atoms with Crippen molar-refractivity contribution < 1.29 is 26.2 Å². The maximum absolute atomic E-state index is 2.42. The largest absolute Gasteiger partial charge is 2.00 e. The van der Waals surface area contributed by atoms with Gasteiger partial charge in [-0.3, -0.25) is 0 Å². The topological polar surface area (TPSA) is 0 Å². The first kappa shape index (κ1) is 42.8. The summed E-state index contributed by atoms with van der Waals surface area (Å²) in [7, 11) is 1.08. The Morgan fingerprint density at radius 2 is 0.679 bits per heavy atom. The van der Waals surface area contributed by atoms with Crippen molar-refractivity contribution in [3.8, 4) is 44.5 Å². The van der Waals surface area contributed by atoms with Gasteiger partial charge in [0.2, 0.25) is 0 Å². The molecule has 2 radical (unpaired) electrons. The fraction of sp³-hybridized carbons (Fsp3) is 0.222. The van der Waals surface area contributed by atoms with E-state index in [4.69, 9.17) is 0 Å². The Balaban J connectivity index is 0.000000197. The molecular weight excluding hydrogens is 768 g/mol. The van der Waals surface area contributed by atoms with E-state index in [1.54, 1.807) is 0 Å². The number of benzene rings is 6. The van der Waals surface area contributed by atoms with Crippen molar-refractivity contribution in [2.75, 3.05) is 0 Å². The average Bonchev–Trinajstić information content (AvgIpc) is 3.87. The summed E-state index contributed by atoms with van der Waals surface area (Å²) in [4.78, 5) is 0. The minimum atomic E-state index is 0. The van der Waals surface area contributed by atoms with Gasteiger partial charge in [-0.2, -0.15) is 12.1 Å². The number of hydrogen-bond donors (Lipinski definition) is 0. The predicted molar refractivity (Wildman–Crippen MR) is 245 cm³/mol. The Morgan fingerprint density at radius 3 is 0.982 bits per heavy atom. The van der Waals surface area contributed by atoms with Crippen LogP contribution in [0.25, 0.3) is 66.1 Å². The van der Waals surface area contributed by atoms with Crippen LogP contribution in [0.5, 0.6) is 0 Å². The zero-order chi connectivity index (χ0) is 38.2. The third-order valence-electron chi connectivity index (χ3n) is 10.4. The molecule has 0 saturated carbocycles. The van der Waals surface area contributed by atoms with Gasteiger partial charge in [0.05, 0.1) is 0 Å². The van der Waals surface area contributed by atoms with Crippen LogP contribution in [0.15, 0.2) is 170 Å². The van der Waals surface area contributed by atoms with Gasteiger partial charge in [-0.05, 0) is 24.0 Å². The Morgan fingerprint density at radius 1 is 0.393 bits per heavy atom. The summed E-state index contributed by atoms with van der Waals surface area (Å²) < 4.78 is 0. The van der Waals surface area contributed by atoms with Crippen LogP contribution in [0.3, 0.4) is 0 Å². The SMILES string of the molecule is CCCCCc1cc2c(-c3ccccc3)ccc(-c3ccccc3)c2[cH-]1.CCCCCc1cc2c(-c3ccccc3)ccc(-c3ccccc3)c2[cH-]1.C[Si]C.[Zr+2]. The van der Waals surface area contributed by atoms with Crippen LogP contribution in [-0.4, -0.2) is 9.52 Å². The average molecular weight is 824 g/mol. The Bertz CT molecular complexity index is 2000. The van der Waals surface area contributed by atoms with Gasteiger partial charge in [0.25, 0.3) is 0 Å². The predicted octanol–water partition coefficient (Wildman–Crippen LogP) is 16.0. The van der Waals surface area contributed by atoms with Gasteiger partial charge < -0.3 is 0 Å². The zero-order valence-electron chi connectivity index (χ0n) is 33.8. The molecule has 0 aliphatic carbocycles. The molecule has 0 N–H and O–H groups in total. The molecule has 8 aromatic rings. The van der Waals surface area contributed by atoms with Crippen molar-refractivity contribution in [1.29, 1.82) is 0 Å². The van der Waals surface area contributed by atoms with Crippen molar-refractivity contribution >= 4 is 31.1 Å². The summed E-state index contributed by atoms with van der Waals surface area (Å²) in [5.41, 5.74) is 13.5. The van der Waals surface area contributed by atoms with Gasteiger partial charge in [-0.15, -0.1) is 44.8 Å². The fourth-order valence-corrected chi connectivity index (χ4v) is 7.64. The van der Waals surface area contributed by atoms with Crippen molar-refractivity contribution in [2.45, 2.75) is 78.3 Å². The van der Waals surface area contributed by atoms with Gasteiger partial charge in [0, 0.05) is 9.52 Å². The summed E-state index contributed by atoms with van der Waals surface area (Å²) >= 11 is 0. The molecule has 0 fully saturated rings. The molecule has 0 atom stereocenters. The minimum absolute atomic E-state index is 0. The molecule has 0 saturated heterocycles. The summed E-state index contributed by atoms with van der Waals surface area (Å²) in [5, 5.41) is 5.52. The number of aryl methyl sites for hydroxylation is 2. The first-order chi connectivity index (χ1) is 27.1. The van der Waals surface area contributed by atoms with Crippen molar-refractivity contribution in [3.63, 3.8) is 0 Å². The van der Waals surface area contributed by atoms with Crippen molar-refractivity contribution in [1.82, 2.24) is 0 Å². The molecule has 0 unspecified atom stereocenters. The molecule has 0 amide bonds. The number of hydrogen-bond acceptors (Lipinski definition) is 0. The molecule has 8 aromatic carbocycles. The number of unbranched alkanes of at least 4 members (excludes halogenated alkanes) is 4. The maximum Gasteiger partial charge on any atom is 2.00 e. The molecular formula is C54H56SiZr. The summed E-state index contributed by atoms with van der Waals surface area (Å²) in [5.74, 6) is 0. The van der Waals surface area contributed by atoms with E-state index in [0.29, 0.717) is 0 Å². The van der Waals surface area contributed by atoms with Gasteiger partial charge in [-0.25, -0.2) is 0 Å². The van der Waals surface area contributed by atoms with E-state index in [-0.39, 0.29) is 26.2 Å². The summed E-state index contributed by atoms with van der Waals surface area (Å²) in [6.45, 7) is 8.84. The van der Waals surface area contributed by atoms with Crippen LogP contribution in [0.2, 0.25) is 13.1 Å². The fourth-order valence-electron chi connectivity index (χ4n) is 7.64. The second-order valence-electron chi connectivity index (χ2n) is 14.6. The van der Waals surface area contributed by atoms with E-state index in [1.807, 2.05) is 0 Å². The second kappa shape index (κ2) is 22.4. The molecule has 0 heterocycles. The first-order valence-electron chi connectivity index (χ1n) is 20.4. The first-order valence-corrected chi connectivity index (χ1v) is 22.4. The van der Waals surface area contributed by atoms with Crippen LogP contribution in [0.4, 0.5) is 0 Å².